The maximum atomic E-state index is 4.41. The highest BCUT2D eigenvalue weighted by molar-refractivity contribution is 5.65. The third-order valence-electron chi connectivity index (χ3n) is 4.94. The highest BCUT2D eigenvalue weighted by Gasteiger charge is 2.15. The van der Waals surface area contributed by atoms with Gasteiger partial charge in [-0.05, 0) is 42.9 Å². The molecule has 0 radical (unpaired) electrons. The van der Waals surface area contributed by atoms with Crippen LogP contribution in [-0.2, 0) is 0 Å². The second-order valence-electron chi connectivity index (χ2n) is 6.74. The summed E-state index contributed by atoms with van der Waals surface area (Å²) < 4.78 is 0. The van der Waals surface area contributed by atoms with E-state index in [1.807, 2.05) is 18.2 Å². The van der Waals surface area contributed by atoms with E-state index in [0.29, 0.717) is 0 Å². The second-order valence-corrected chi connectivity index (χ2v) is 6.74. The molecule has 1 aliphatic rings. The van der Waals surface area contributed by atoms with Gasteiger partial charge in [-0.2, -0.15) is 0 Å². The first-order valence-electron chi connectivity index (χ1n) is 9.63. The van der Waals surface area contributed by atoms with E-state index in [1.54, 1.807) is 12.4 Å². The van der Waals surface area contributed by atoms with E-state index in [1.165, 1.54) is 12.0 Å². The summed E-state index contributed by atoms with van der Waals surface area (Å²) >= 11 is 0. The molecule has 1 fully saturated rings. The molecule has 144 valence electrons. The molecule has 0 bridgehead atoms. The number of hydrogen-bond acceptors (Lipinski definition) is 7. The number of nitrogens with zero attached hydrogens (tertiary/aromatic N) is 5. The molecule has 0 spiro atoms. The van der Waals surface area contributed by atoms with Crippen LogP contribution in [0.4, 0.5) is 28.7 Å². The van der Waals surface area contributed by atoms with Crippen LogP contribution in [0.15, 0.2) is 61.2 Å². The lowest BCUT2D eigenvalue weighted by Gasteiger charge is -2.35. The summed E-state index contributed by atoms with van der Waals surface area (Å²) in [6.07, 6.45) is 5.00. The van der Waals surface area contributed by atoms with Gasteiger partial charge in [0, 0.05) is 61.7 Å². The SMILES string of the molecule is CCN1CCN(c2ccc(Nc3cc(Nc4ccncn4)ccn3)cc2)CC1. The number of rotatable bonds is 6. The summed E-state index contributed by atoms with van der Waals surface area (Å²) in [5.74, 6) is 1.53. The molecule has 7 heteroatoms. The summed E-state index contributed by atoms with van der Waals surface area (Å²) in [7, 11) is 0. The Morgan fingerprint density at radius 1 is 0.821 bits per heavy atom. The average Bonchev–Trinajstić information content (AvgIpc) is 2.75. The summed E-state index contributed by atoms with van der Waals surface area (Å²) in [6, 6.07) is 14.3. The Hall–Kier alpha value is -3.19. The largest absolute Gasteiger partial charge is 0.369 e. The number of hydrogen-bond donors (Lipinski definition) is 2. The molecule has 3 heterocycles. The smallest absolute Gasteiger partial charge is 0.133 e. The first kappa shape index (κ1) is 18.2. The average molecular weight is 375 g/mol. The van der Waals surface area contributed by atoms with Crippen molar-refractivity contribution >= 4 is 28.7 Å². The van der Waals surface area contributed by atoms with E-state index in [9.17, 15) is 0 Å². The number of nitrogens with one attached hydrogen (secondary N) is 2. The minimum Gasteiger partial charge on any atom is -0.369 e. The Labute approximate surface area is 165 Å². The van der Waals surface area contributed by atoms with Gasteiger partial charge in [-0.15, -0.1) is 0 Å². The molecule has 7 nitrogen and oxygen atoms in total. The minimum atomic E-state index is 0.750. The Kier molecular flexibility index (Phi) is 5.63. The molecule has 2 aromatic heterocycles. The predicted octanol–water partition coefficient (Wildman–Crippen LogP) is 3.50. The molecule has 1 aliphatic heterocycles. The highest BCUT2D eigenvalue weighted by atomic mass is 15.3. The van der Waals surface area contributed by atoms with Crippen molar-refractivity contribution in [2.24, 2.45) is 0 Å². The fraction of sp³-hybridized carbons (Fsp3) is 0.286. The van der Waals surface area contributed by atoms with Crippen molar-refractivity contribution in [2.45, 2.75) is 6.92 Å². The number of anilines is 5. The van der Waals surface area contributed by atoms with Gasteiger partial charge in [0.1, 0.15) is 18.0 Å². The molecule has 28 heavy (non-hydrogen) atoms. The van der Waals surface area contributed by atoms with Crippen molar-refractivity contribution < 1.29 is 0 Å². The van der Waals surface area contributed by atoms with Crippen LogP contribution in [0.3, 0.4) is 0 Å². The third kappa shape index (κ3) is 4.55. The zero-order valence-electron chi connectivity index (χ0n) is 16.0. The highest BCUT2D eigenvalue weighted by Crippen LogP contribution is 2.23. The van der Waals surface area contributed by atoms with Crippen molar-refractivity contribution in [2.75, 3.05) is 48.3 Å². The minimum absolute atomic E-state index is 0.750. The molecule has 0 atom stereocenters. The number of benzene rings is 1. The number of aromatic nitrogens is 3. The van der Waals surface area contributed by atoms with Gasteiger partial charge in [-0.25, -0.2) is 15.0 Å². The molecular formula is C21H25N7. The van der Waals surface area contributed by atoms with Crippen LogP contribution in [0, 0.1) is 0 Å². The van der Waals surface area contributed by atoms with Gasteiger partial charge in [0.25, 0.3) is 0 Å². The van der Waals surface area contributed by atoms with E-state index >= 15 is 0 Å². The van der Waals surface area contributed by atoms with E-state index in [-0.39, 0.29) is 0 Å². The molecule has 3 aromatic rings. The van der Waals surface area contributed by atoms with Gasteiger partial charge in [0.15, 0.2) is 0 Å². The Morgan fingerprint density at radius 3 is 2.32 bits per heavy atom. The van der Waals surface area contributed by atoms with Gasteiger partial charge >= 0.3 is 0 Å². The molecule has 0 unspecified atom stereocenters. The molecule has 0 aliphatic carbocycles. The van der Waals surface area contributed by atoms with Gasteiger partial charge in [-0.1, -0.05) is 6.92 Å². The van der Waals surface area contributed by atoms with Crippen LogP contribution in [0.1, 0.15) is 6.92 Å². The van der Waals surface area contributed by atoms with Crippen LogP contribution in [0.2, 0.25) is 0 Å². The van der Waals surface area contributed by atoms with Crippen LogP contribution in [0.5, 0.6) is 0 Å². The van der Waals surface area contributed by atoms with E-state index in [2.05, 4.69) is 66.6 Å². The topological polar surface area (TPSA) is 69.2 Å². The third-order valence-corrected chi connectivity index (χ3v) is 4.94. The van der Waals surface area contributed by atoms with Gasteiger partial charge in [-0.3, -0.25) is 0 Å². The zero-order chi connectivity index (χ0) is 19.2. The number of pyridine rings is 1. The molecule has 0 saturated carbocycles. The molecule has 1 saturated heterocycles. The van der Waals surface area contributed by atoms with Gasteiger partial charge < -0.3 is 20.4 Å². The number of piperazine rings is 1. The van der Waals surface area contributed by atoms with E-state index < -0.39 is 0 Å². The predicted molar refractivity (Wildman–Crippen MR) is 114 cm³/mol. The van der Waals surface area contributed by atoms with Crippen molar-refractivity contribution in [1.82, 2.24) is 19.9 Å². The fourth-order valence-electron chi connectivity index (χ4n) is 3.31. The maximum Gasteiger partial charge on any atom is 0.133 e. The molecule has 4 rings (SSSR count). The Balaban J connectivity index is 1.39. The van der Waals surface area contributed by atoms with Crippen LogP contribution >= 0.6 is 0 Å². The Morgan fingerprint density at radius 2 is 1.61 bits per heavy atom. The monoisotopic (exact) mass is 375 g/mol. The molecule has 0 amide bonds. The normalized spacial score (nSPS) is 14.7. The Bertz CT molecular complexity index is 875. The van der Waals surface area contributed by atoms with E-state index in [0.717, 1.165) is 55.7 Å². The first-order valence-corrected chi connectivity index (χ1v) is 9.63. The van der Waals surface area contributed by atoms with Crippen LogP contribution < -0.4 is 15.5 Å². The van der Waals surface area contributed by atoms with Crippen LogP contribution in [0.25, 0.3) is 0 Å². The molecule has 2 N–H and O–H groups in total. The fourth-order valence-corrected chi connectivity index (χ4v) is 3.31. The lowest BCUT2D eigenvalue weighted by molar-refractivity contribution is 0.271. The van der Waals surface area contributed by atoms with Gasteiger partial charge in [0.2, 0.25) is 0 Å². The number of likely N-dealkylation sites (N-methyl/N-ethyl adjacent to an activating group) is 1. The standard InChI is InChI=1S/C21H25N7/c1-2-27-11-13-28(14-12-27)19-5-3-17(4-6-19)25-21-15-18(7-10-23-21)26-20-8-9-22-16-24-20/h3-10,15-16H,2,11-14H2,1H3,(H2,22,23,24,25,26). The maximum absolute atomic E-state index is 4.41. The summed E-state index contributed by atoms with van der Waals surface area (Å²) in [5.41, 5.74) is 3.21. The van der Waals surface area contributed by atoms with Crippen molar-refractivity contribution in [3.05, 3.63) is 61.2 Å². The quantitative estimate of drug-likeness (QED) is 0.683. The zero-order valence-corrected chi connectivity index (χ0v) is 16.0. The van der Waals surface area contributed by atoms with E-state index in [4.69, 9.17) is 0 Å². The van der Waals surface area contributed by atoms with Crippen LogP contribution in [-0.4, -0.2) is 52.6 Å². The second kappa shape index (κ2) is 8.67. The van der Waals surface area contributed by atoms with Gasteiger partial charge in [0.05, 0.1) is 0 Å². The first-order chi connectivity index (χ1) is 13.8. The van der Waals surface area contributed by atoms with Crippen molar-refractivity contribution in [3.63, 3.8) is 0 Å². The molecular weight excluding hydrogens is 350 g/mol. The van der Waals surface area contributed by atoms with Crippen molar-refractivity contribution in [1.29, 1.82) is 0 Å². The lowest BCUT2D eigenvalue weighted by atomic mass is 10.2. The molecule has 1 aromatic carbocycles. The summed E-state index contributed by atoms with van der Waals surface area (Å²) in [5, 5.41) is 6.61. The summed E-state index contributed by atoms with van der Waals surface area (Å²) in [6.45, 7) is 7.79. The lowest BCUT2D eigenvalue weighted by Crippen LogP contribution is -2.46. The summed E-state index contributed by atoms with van der Waals surface area (Å²) in [4.78, 5) is 17.4. The van der Waals surface area contributed by atoms with Crippen molar-refractivity contribution in [3.8, 4) is 0 Å².